The first kappa shape index (κ1) is 28.1. The quantitative estimate of drug-likeness (QED) is 0.276. The Kier molecular flexibility index (Phi) is 9.90. The van der Waals surface area contributed by atoms with E-state index in [1.165, 1.54) is 12.1 Å². The topological polar surface area (TPSA) is 140 Å². The number of fused-ring (bicyclic) bond motifs is 1. The second-order valence-electron chi connectivity index (χ2n) is 9.13. The highest BCUT2D eigenvalue weighted by Crippen LogP contribution is 2.32. The molecule has 2 aliphatic rings. The molecule has 4 rings (SSSR count). The predicted molar refractivity (Wildman–Crippen MR) is 139 cm³/mol. The molecule has 39 heavy (non-hydrogen) atoms. The highest BCUT2D eigenvalue weighted by molar-refractivity contribution is 6.26. The van der Waals surface area contributed by atoms with E-state index in [-0.39, 0.29) is 36.3 Å². The van der Waals surface area contributed by atoms with E-state index in [1.807, 2.05) is 30.3 Å². The monoisotopic (exact) mass is 537 g/mol. The summed E-state index contributed by atoms with van der Waals surface area (Å²) in [6.45, 7) is 2.30. The van der Waals surface area contributed by atoms with Gasteiger partial charge in [-0.25, -0.2) is 0 Å². The first-order valence-corrected chi connectivity index (χ1v) is 12.9. The maximum atomic E-state index is 13.1. The zero-order valence-electron chi connectivity index (χ0n) is 21.5. The van der Waals surface area contributed by atoms with Gasteiger partial charge in [-0.05, 0) is 37.0 Å². The maximum Gasteiger partial charge on any atom is 0.264 e. The van der Waals surface area contributed by atoms with Crippen LogP contribution in [0.4, 0.5) is 5.69 Å². The summed E-state index contributed by atoms with van der Waals surface area (Å²) in [5.41, 5.74) is 1.39. The first-order valence-electron chi connectivity index (χ1n) is 12.9. The zero-order chi connectivity index (χ0) is 27.6. The fourth-order valence-electron chi connectivity index (χ4n) is 4.36. The normalized spacial score (nSPS) is 16.8. The van der Waals surface area contributed by atoms with Crippen LogP contribution in [0.15, 0.2) is 48.5 Å². The van der Waals surface area contributed by atoms with Crippen molar-refractivity contribution < 1.29 is 38.2 Å². The smallest absolute Gasteiger partial charge is 0.264 e. The van der Waals surface area contributed by atoms with E-state index in [1.54, 1.807) is 6.07 Å². The fourth-order valence-corrected chi connectivity index (χ4v) is 4.36. The molecule has 0 bridgehead atoms. The molecule has 1 saturated heterocycles. The summed E-state index contributed by atoms with van der Waals surface area (Å²) < 4.78 is 16.6. The van der Waals surface area contributed by atoms with E-state index in [9.17, 15) is 24.0 Å². The number of nitrogens with zero attached hydrogens (tertiary/aromatic N) is 1. The van der Waals surface area contributed by atoms with Gasteiger partial charge in [-0.1, -0.05) is 36.4 Å². The molecule has 2 aromatic carbocycles. The predicted octanol–water partition coefficient (Wildman–Crippen LogP) is 2.06. The van der Waals surface area contributed by atoms with Crippen molar-refractivity contribution in [1.82, 2.24) is 10.2 Å². The number of benzene rings is 2. The molecule has 1 unspecified atom stereocenters. The minimum atomic E-state index is -1.08. The molecule has 11 nitrogen and oxygen atoms in total. The zero-order valence-corrected chi connectivity index (χ0v) is 21.5. The van der Waals surface area contributed by atoms with Crippen molar-refractivity contribution in [1.29, 1.82) is 0 Å². The lowest BCUT2D eigenvalue weighted by molar-refractivity contribution is -0.136. The molecule has 0 spiro atoms. The molecule has 1 atom stereocenters. The van der Waals surface area contributed by atoms with E-state index in [0.29, 0.717) is 39.5 Å². The molecule has 2 aliphatic heterocycles. The molecule has 2 heterocycles. The summed E-state index contributed by atoms with van der Waals surface area (Å²) in [4.78, 5) is 62.9. The number of hydrogen-bond acceptors (Lipinski definition) is 8. The number of carbonyl (C=O) groups is 5. The number of anilines is 1. The Morgan fingerprint density at radius 1 is 0.872 bits per heavy atom. The van der Waals surface area contributed by atoms with Crippen LogP contribution in [-0.4, -0.2) is 73.5 Å². The minimum Gasteiger partial charge on any atom is -0.381 e. The van der Waals surface area contributed by atoms with Gasteiger partial charge in [-0.15, -0.1) is 0 Å². The number of rotatable bonds is 14. The number of amides is 5. The van der Waals surface area contributed by atoms with Crippen LogP contribution in [0.1, 0.15) is 52.0 Å². The molecule has 0 aliphatic carbocycles. The van der Waals surface area contributed by atoms with Crippen LogP contribution in [0.25, 0.3) is 0 Å². The standard InChI is InChI=1S/C28H31N3O8/c32-23-12-11-22(26(34)30-23)31-27(35)20-9-4-10-21(25(20)28(31)36)29-24(33)18-39-16-6-14-37-13-5-15-38-17-19-7-2-1-3-8-19/h1-4,7-10,22H,5-6,11-18H2,(H,29,33)(H,30,32,34). The van der Waals surface area contributed by atoms with Gasteiger partial charge in [-0.3, -0.25) is 34.2 Å². The van der Waals surface area contributed by atoms with E-state index < -0.39 is 35.6 Å². The number of nitrogens with one attached hydrogen (secondary N) is 2. The van der Waals surface area contributed by atoms with Crippen LogP contribution in [-0.2, 0) is 35.2 Å². The Labute approximate surface area is 225 Å². The van der Waals surface area contributed by atoms with Crippen LogP contribution in [0.3, 0.4) is 0 Å². The highest BCUT2D eigenvalue weighted by atomic mass is 16.5. The number of carbonyl (C=O) groups excluding carboxylic acids is 5. The van der Waals surface area contributed by atoms with E-state index in [0.717, 1.165) is 16.9 Å². The largest absolute Gasteiger partial charge is 0.381 e. The Balaban J connectivity index is 1.13. The first-order chi connectivity index (χ1) is 19.0. The second kappa shape index (κ2) is 13.7. The van der Waals surface area contributed by atoms with Crippen molar-refractivity contribution in [2.75, 3.05) is 38.4 Å². The molecule has 5 amide bonds. The van der Waals surface area contributed by atoms with Crippen molar-refractivity contribution in [3.05, 3.63) is 65.2 Å². The number of piperidine rings is 1. The summed E-state index contributed by atoms with van der Waals surface area (Å²) in [5, 5.41) is 4.77. The molecule has 0 saturated carbocycles. The van der Waals surface area contributed by atoms with E-state index >= 15 is 0 Å². The Morgan fingerprint density at radius 3 is 2.33 bits per heavy atom. The Morgan fingerprint density at radius 2 is 1.59 bits per heavy atom. The van der Waals surface area contributed by atoms with Crippen LogP contribution in [0.2, 0.25) is 0 Å². The highest BCUT2D eigenvalue weighted by Gasteiger charge is 2.45. The fraction of sp³-hybridized carbons (Fsp3) is 0.393. The average molecular weight is 538 g/mol. The summed E-state index contributed by atoms with van der Waals surface area (Å²) in [6.07, 6.45) is 1.46. The van der Waals surface area contributed by atoms with Crippen molar-refractivity contribution in [3.8, 4) is 0 Å². The summed E-state index contributed by atoms with van der Waals surface area (Å²) in [5.74, 6) is -2.96. The third-order valence-electron chi connectivity index (χ3n) is 6.24. The van der Waals surface area contributed by atoms with Gasteiger partial charge < -0.3 is 19.5 Å². The van der Waals surface area contributed by atoms with Crippen LogP contribution < -0.4 is 10.6 Å². The van der Waals surface area contributed by atoms with Gasteiger partial charge in [0.1, 0.15) is 12.6 Å². The maximum absolute atomic E-state index is 13.1. The molecular formula is C28H31N3O8. The molecule has 1 fully saturated rings. The number of ether oxygens (including phenoxy) is 3. The van der Waals surface area contributed by atoms with Crippen molar-refractivity contribution in [2.24, 2.45) is 0 Å². The Hall–Kier alpha value is -3.93. The summed E-state index contributed by atoms with van der Waals surface area (Å²) in [7, 11) is 0. The number of imide groups is 2. The summed E-state index contributed by atoms with van der Waals surface area (Å²) >= 11 is 0. The second-order valence-corrected chi connectivity index (χ2v) is 9.13. The van der Waals surface area contributed by atoms with E-state index in [4.69, 9.17) is 14.2 Å². The van der Waals surface area contributed by atoms with Crippen molar-refractivity contribution >= 4 is 35.2 Å². The van der Waals surface area contributed by atoms with Gasteiger partial charge in [0, 0.05) is 32.8 Å². The lowest BCUT2D eigenvalue weighted by atomic mass is 10.0. The minimum absolute atomic E-state index is 0.0155. The molecule has 0 radical (unpaired) electrons. The van der Waals surface area contributed by atoms with Gasteiger partial charge in [0.25, 0.3) is 11.8 Å². The van der Waals surface area contributed by atoms with Gasteiger partial charge in [0.05, 0.1) is 23.4 Å². The average Bonchev–Trinajstić information content (AvgIpc) is 3.18. The molecule has 2 aromatic rings. The third kappa shape index (κ3) is 7.34. The van der Waals surface area contributed by atoms with Crippen LogP contribution >= 0.6 is 0 Å². The number of hydrogen-bond donors (Lipinski definition) is 2. The lowest BCUT2D eigenvalue weighted by Gasteiger charge is -2.27. The van der Waals surface area contributed by atoms with Crippen molar-refractivity contribution in [3.63, 3.8) is 0 Å². The summed E-state index contributed by atoms with van der Waals surface area (Å²) in [6, 6.07) is 13.4. The van der Waals surface area contributed by atoms with Gasteiger partial charge in [-0.2, -0.15) is 0 Å². The SMILES string of the molecule is O=C1CCC(N2C(=O)c3cccc(NC(=O)COCCCOCCCOCc4ccccc4)c3C2=O)C(=O)N1. The molecule has 2 N–H and O–H groups in total. The molecule has 206 valence electrons. The third-order valence-corrected chi connectivity index (χ3v) is 6.24. The van der Waals surface area contributed by atoms with E-state index in [2.05, 4.69) is 10.6 Å². The van der Waals surface area contributed by atoms with Gasteiger partial charge in [0.2, 0.25) is 17.7 Å². The molecule has 0 aromatic heterocycles. The Bertz CT molecular complexity index is 1220. The molecule has 11 heteroatoms. The van der Waals surface area contributed by atoms with Crippen LogP contribution in [0.5, 0.6) is 0 Å². The lowest BCUT2D eigenvalue weighted by Crippen LogP contribution is -2.54. The van der Waals surface area contributed by atoms with Gasteiger partial charge >= 0.3 is 0 Å². The van der Waals surface area contributed by atoms with Crippen LogP contribution in [0, 0.1) is 0 Å². The molecular weight excluding hydrogens is 506 g/mol. The van der Waals surface area contributed by atoms with Gasteiger partial charge in [0.15, 0.2) is 0 Å². The van der Waals surface area contributed by atoms with Crippen molar-refractivity contribution in [2.45, 2.75) is 38.3 Å².